The minimum atomic E-state index is -0.165. The molecular weight excluding hydrogens is 272 g/mol. The number of para-hydroxylation sites is 1. The maximum atomic E-state index is 12.1. The smallest absolute Gasteiger partial charge is 0.248 e. The Labute approximate surface area is 129 Å². The molecular formula is C19H16N2O. The van der Waals surface area contributed by atoms with Gasteiger partial charge in [-0.15, -0.1) is 0 Å². The van der Waals surface area contributed by atoms with Crippen LogP contribution in [0.1, 0.15) is 11.1 Å². The van der Waals surface area contributed by atoms with E-state index in [9.17, 15) is 4.79 Å². The number of aromatic nitrogens is 1. The molecule has 0 radical (unpaired) electrons. The first kappa shape index (κ1) is 14.0. The van der Waals surface area contributed by atoms with Crippen LogP contribution in [-0.4, -0.2) is 10.9 Å². The molecule has 0 atom stereocenters. The summed E-state index contributed by atoms with van der Waals surface area (Å²) in [6.07, 6.45) is 5.09. The predicted molar refractivity (Wildman–Crippen MR) is 90.6 cm³/mol. The molecule has 0 bridgehead atoms. The molecule has 0 saturated heterocycles. The van der Waals surface area contributed by atoms with Gasteiger partial charge in [0.25, 0.3) is 0 Å². The normalized spacial score (nSPS) is 11.0. The van der Waals surface area contributed by atoms with Gasteiger partial charge in [0.1, 0.15) is 0 Å². The van der Waals surface area contributed by atoms with Gasteiger partial charge >= 0.3 is 0 Å². The molecule has 2 aromatic carbocycles. The topological polar surface area (TPSA) is 42.0 Å². The van der Waals surface area contributed by atoms with Gasteiger partial charge in [-0.25, -0.2) is 0 Å². The number of anilines is 1. The number of hydrogen-bond acceptors (Lipinski definition) is 2. The molecule has 0 saturated carbocycles. The summed E-state index contributed by atoms with van der Waals surface area (Å²) in [7, 11) is 0. The molecule has 1 N–H and O–H groups in total. The van der Waals surface area contributed by atoms with Gasteiger partial charge in [0.2, 0.25) is 5.91 Å². The van der Waals surface area contributed by atoms with E-state index in [1.54, 1.807) is 12.3 Å². The van der Waals surface area contributed by atoms with Crippen LogP contribution in [0, 0.1) is 6.92 Å². The van der Waals surface area contributed by atoms with Crippen LogP contribution in [-0.2, 0) is 4.79 Å². The summed E-state index contributed by atoms with van der Waals surface area (Å²) in [6.45, 7) is 2.02. The van der Waals surface area contributed by atoms with Crippen molar-refractivity contribution in [2.24, 2.45) is 0 Å². The maximum absolute atomic E-state index is 12.1. The molecule has 3 rings (SSSR count). The summed E-state index contributed by atoms with van der Waals surface area (Å²) in [5.74, 6) is -0.165. The van der Waals surface area contributed by atoms with Crippen molar-refractivity contribution in [3.05, 3.63) is 78.0 Å². The number of nitrogens with one attached hydrogen (secondary N) is 1. The zero-order valence-corrected chi connectivity index (χ0v) is 12.3. The molecule has 0 spiro atoms. The number of nitrogens with zero attached hydrogens (tertiary/aromatic N) is 1. The Morgan fingerprint density at radius 1 is 1.05 bits per heavy atom. The minimum absolute atomic E-state index is 0.165. The number of benzene rings is 2. The lowest BCUT2D eigenvalue weighted by Crippen LogP contribution is -2.08. The highest BCUT2D eigenvalue weighted by molar-refractivity contribution is 6.06. The van der Waals surface area contributed by atoms with Gasteiger partial charge in [0.15, 0.2) is 0 Å². The van der Waals surface area contributed by atoms with Crippen molar-refractivity contribution in [2.45, 2.75) is 6.92 Å². The van der Waals surface area contributed by atoms with Crippen molar-refractivity contribution in [1.82, 2.24) is 4.98 Å². The van der Waals surface area contributed by atoms with Gasteiger partial charge in [0, 0.05) is 17.7 Å². The third-order valence-corrected chi connectivity index (χ3v) is 3.49. The minimum Gasteiger partial charge on any atom is -0.321 e. The van der Waals surface area contributed by atoms with Crippen LogP contribution < -0.4 is 5.32 Å². The largest absolute Gasteiger partial charge is 0.321 e. The molecule has 0 aliphatic rings. The number of carbonyl (C=O) groups excluding carboxylic acids is 1. The quantitative estimate of drug-likeness (QED) is 0.734. The second kappa shape index (κ2) is 6.22. The lowest BCUT2D eigenvalue weighted by Gasteiger charge is -2.06. The second-order valence-corrected chi connectivity index (χ2v) is 5.06. The lowest BCUT2D eigenvalue weighted by atomic mass is 10.1. The zero-order valence-electron chi connectivity index (χ0n) is 12.3. The summed E-state index contributed by atoms with van der Waals surface area (Å²) < 4.78 is 0. The summed E-state index contributed by atoms with van der Waals surface area (Å²) in [4.78, 5) is 16.4. The molecule has 0 aliphatic heterocycles. The van der Waals surface area contributed by atoms with Gasteiger partial charge < -0.3 is 5.32 Å². The summed E-state index contributed by atoms with van der Waals surface area (Å²) in [6, 6.07) is 17.5. The van der Waals surface area contributed by atoms with Gasteiger partial charge in [-0.2, -0.15) is 0 Å². The van der Waals surface area contributed by atoms with Crippen molar-refractivity contribution >= 4 is 28.6 Å². The number of rotatable bonds is 3. The van der Waals surface area contributed by atoms with E-state index in [0.717, 1.165) is 27.7 Å². The van der Waals surface area contributed by atoms with Crippen LogP contribution in [0.5, 0.6) is 0 Å². The fourth-order valence-corrected chi connectivity index (χ4v) is 2.32. The Bertz CT molecular complexity index is 847. The molecule has 0 aliphatic carbocycles. The van der Waals surface area contributed by atoms with Crippen LogP contribution in [0.2, 0.25) is 0 Å². The average Bonchev–Trinajstić information content (AvgIpc) is 2.54. The van der Waals surface area contributed by atoms with E-state index in [1.807, 2.05) is 67.6 Å². The van der Waals surface area contributed by atoms with E-state index in [-0.39, 0.29) is 5.91 Å². The Hall–Kier alpha value is -2.94. The van der Waals surface area contributed by atoms with Crippen molar-refractivity contribution in [3.63, 3.8) is 0 Å². The van der Waals surface area contributed by atoms with E-state index in [1.165, 1.54) is 0 Å². The molecule has 0 fully saturated rings. The zero-order chi connectivity index (χ0) is 15.4. The fourth-order valence-electron chi connectivity index (χ4n) is 2.32. The highest BCUT2D eigenvalue weighted by Crippen LogP contribution is 2.20. The number of aryl methyl sites for hydroxylation is 1. The van der Waals surface area contributed by atoms with Gasteiger partial charge in [-0.3, -0.25) is 9.78 Å². The second-order valence-electron chi connectivity index (χ2n) is 5.06. The van der Waals surface area contributed by atoms with Crippen LogP contribution in [0.4, 0.5) is 5.69 Å². The standard InChI is InChI=1S/C19H16N2O/c1-14-6-2-3-7-15(14)11-12-18(22)21-17-10-4-8-16-9-5-13-20-19(16)17/h2-13H,1H3,(H,21,22). The van der Waals surface area contributed by atoms with E-state index < -0.39 is 0 Å². The molecule has 1 heterocycles. The highest BCUT2D eigenvalue weighted by atomic mass is 16.1. The van der Waals surface area contributed by atoms with Crippen molar-refractivity contribution < 1.29 is 4.79 Å². The molecule has 1 aromatic heterocycles. The Morgan fingerprint density at radius 2 is 1.86 bits per heavy atom. The number of amides is 1. The Kier molecular flexibility index (Phi) is 3.97. The van der Waals surface area contributed by atoms with Gasteiger partial charge in [-0.05, 0) is 36.3 Å². The SMILES string of the molecule is Cc1ccccc1C=CC(=O)Nc1cccc2cccnc12. The first-order chi connectivity index (χ1) is 10.7. The van der Waals surface area contributed by atoms with Gasteiger partial charge in [0.05, 0.1) is 11.2 Å². The van der Waals surface area contributed by atoms with Crippen LogP contribution in [0.25, 0.3) is 17.0 Å². The van der Waals surface area contributed by atoms with E-state index in [2.05, 4.69) is 10.3 Å². The maximum Gasteiger partial charge on any atom is 0.248 e. The first-order valence-electron chi connectivity index (χ1n) is 7.12. The van der Waals surface area contributed by atoms with Crippen molar-refractivity contribution in [2.75, 3.05) is 5.32 Å². The average molecular weight is 288 g/mol. The predicted octanol–water partition coefficient (Wildman–Crippen LogP) is 4.20. The Balaban J connectivity index is 1.81. The molecule has 3 aromatic rings. The Morgan fingerprint density at radius 3 is 2.73 bits per heavy atom. The highest BCUT2D eigenvalue weighted by Gasteiger charge is 2.04. The molecule has 0 unspecified atom stereocenters. The van der Waals surface area contributed by atoms with E-state index in [0.29, 0.717) is 0 Å². The van der Waals surface area contributed by atoms with Crippen molar-refractivity contribution in [1.29, 1.82) is 0 Å². The van der Waals surface area contributed by atoms with Crippen molar-refractivity contribution in [3.8, 4) is 0 Å². The molecule has 22 heavy (non-hydrogen) atoms. The monoisotopic (exact) mass is 288 g/mol. The van der Waals surface area contributed by atoms with Gasteiger partial charge in [-0.1, -0.05) is 42.5 Å². The first-order valence-corrected chi connectivity index (χ1v) is 7.12. The lowest BCUT2D eigenvalue weighted by molar-refractivity contribution is -0.111. The molecule has 3 nitrogen and oxygen atoms in total. The van der Waals surface area contributed by atoms with Crippen LogP contribution >= 0.6 is 0 Å². The summed E-state index contributed by atoms with van der Waals surface area (Å²) >= 11 is 0. The summed E-state index contributed by atoms with van der Waals surface area (Å²) in [5, 5.41) is 3.89. The number of carbonyl (C=O) groups is 1. The molecule has 1 amide bonds. The number of hydrogen-bond donors (Lipinski definition) is 1. The van der Waals surface area contributed by atoms with E-state index in [4.69, 9.17) is 0 Å². The molecule has 3 heteroatoms. The third kappa shape index (κ3) is 3.04. The number of pyridine rings is 1. The molecule has 108 valence electrons. The van der Waals surface area contributed by atoms with Crippen LogP contribution in [0.3, 0.4) is 0 Å². The summed E-state index contributed by atoms with van der Waals surface area (Å²) in [5.41, 5.74) is 3.69. The number of fused-ring (bicyclic) bond motifs is 1. The fraction of sp³-hybridized carbons (Fsp3) is 0.0526. The van der Waals surface area contributed by atoms with E-state index >= 15 is 0 Å². The third-order valence-electron chi connectivity index (χ3n) is 3.49. The van der Waals surface area contributed by atoms with Crippen LogP contribution in [0.15, 0.2) is 66.9 Å².